The van der Waals surface area contributed by atoms with E-state index >= 15 is 0 Å². The van der Waals surface area contributed by atoms with E-state index in [4.69, 9.17) is 15.9 Å². The van der Waals surface area contributed by atoms with Gasteiger partial charge in [-0.15, -0.1) is 0 Å². The second kappa shape index (κ2) is 11.2. The van der Waals surface area contributed by atoms with Gasteiger partial charge in [0.05, 0.1) is 10.9 Å². The Bertz CT molecular complexity index is 1240. The number of nitrogens with zero attached hydrogens (tertiary/aromatic N) is 4. The van der Waals surface area contributed by atoms with E-state index in [0.717, 1.165) is 29.4 Å². The van der Waals surface area contributed by atoms with Crippen LogP contribution in [0.4, 0.5) is 5.82 Å². The Morgan fingerprint density at radius 3 is 2.59 bits per heavy atom. The molecule has 34 heavy (non-hydrogen) atoms. The first kappa shape index (κ1) is 25.3. The van der Waals surface area contributed by atoms with Gasteiger partial charge in [-0.3, -0.25) is 4.98 Å². The monoisotopic (exact) mass is 461 g/mol. The first-order valence-electron chi connectivity index (χ1n) is 11.8. The van der Waals surface area contributed by atoms with Crippen LogP contribution in [0.2, 0.25) is 0 Å². The zero-order valence-corrected chi connectivity index (χ0v) is 20.4. The largest absolute Gasteiger partial charge is 0.383 e. The molecule has 7 heteroatoms. The molecule has 1 saturated carbocycles. The van der Waals surface area contributed by atoms with Crippen LogP contribution in [-0.4, -0.2) is 35.5 Å². The third-order valence-corrected chi connectivity index (χ3v) is 5.57. The van der Waals surface area contributed by atoms with Crippen molar-refractivity contribution < 1.29 is 10.2 Å². The minimum atomic E-state index is -1.50. The van der Waals surface area contributed by atoms with E-state index < -0.39 is 5.79 Å². The highest BCUT2D eigenvalue weighted by atomic mass is 16.5. The molecule has 0 radical (unpaired) electrons. The molecule has 2 unspecified atom stereocenters. The molecule has 180 valence electrons. The molecule has 1 aromatic carbocycles. The minimum Gasteiger partial charge on any atom is -0.383 e. The molecule has 4 aromatic rings. The predicted molar refractivity (Wildman–Crippen MR) is 139 cm³/mol. The van der Waals surface area contributed by atoms with Crippen LogP contribution < -0.4 is 5.73 Å². The van der Waals surface area contributed by atoms with Gasteiger partial charge in [-0.2, -0.15) is 0 Å². The molecule has 1 aliphatic carbocycles. The maximum Gasteiger partial charge on any atom is 0.156 e. The lowest BCUT2D eigenvalue weighted by Gasteiger charge is -2.13. The maximum atomic E-state index is 8.08. The van der Waals surface area contributed by atoms with Gasteiger partial charge in [-0.25, -0.2) is 9.97 Å². The van der Waals surface area contributed by atoms with Crippen molar-refractivity contribution >= 4 is 33.8 Å². The van der Waals surface area contributed by atoms with Crippen molar-refractivity contribution in [2.75, 3.05) is 5.73 Å². The van der Waals surface area contributed by atoms with Crippen molar-refractivity contribution in [1.82, 2.24) is 19.5 Å². The Morgan fingerprint density at radius 2 is 1.82 bits per heavy atom. The second-order valence-electron chi connectivity index (χ2n) is 8.76. The van der Waals surface area contributed by atoms with Gasteiger partial charge in [0.25, 0.3) is 0 Å². The van der Waals surface area contributed by atoms with Gasteiger partial charge in [0, 0.05) is 23.8 Å². The highest BCUT2D eigenvalue weighted by molar-refractivity contribution is 5.86. The lowest BCUT2D eigenvalue weighted by Crippen LogP contribution is -2.15. The summed E-state index contributed by atoms with van der Waals surface area (Å²) in [6, 6.07) is 13.0. The maximum absolute atomic E-state index is 8.08. The minimum absolute atomic E-state index is 0.463. The number of allylic oxidation sites excluding steroid dienone is 1. The van der Waals surface area contributed by atoms with Crippen LogP contribution in [-0.2, 0) is 0 Å². The Balaban J connectivity index is 0.000000414. The fourth-order valence-corrected chi connectivity index (χ4v) is 4.14. The van der Waals surface area contributed by atoms with Crippen LogP contribution in [0.15, 0.2) is 61.2 Å². The first-order valence-corrected chi connectivity index (χ1v) is 11.8. The molecule has 3 aromatic heterocycles. The van der Waals surface area contributed by atoms with Crippen LogP contribution in [0, 0.1) is 5.92 Å². The molecule has 1 fully saturated rings. The van der Waals surface area contributed by atoms with Gasteiger partial charge in [-0.1, -0.05) is 44.2 Å². The van der Waals surface area contributed by atoms with E-state index in [1.54, 1.807) is 6.33 Å². The van der Waals surface area contributed by atoms with Gasteiger partial charge in [0.1, 0.15) is 17.8 Å². The summed E-state index contributed by atoms with van der Waals surface area (Å²) >= 11 is 0. The average Bonchev–Trinajstić information content (AvgIpc) is 3.45. The highest BCUT2D eigenvalue weighted by Gasteiger charge is 2.25. The lowest BCUT2D eigenvalue weighted by molar-refractivity contribution is -0.127. The fourth-order valence-electron chi connectivity index (χ4n) is 4.14. The van der Waals surface area contributed by atoms with Crippen LogP contribution in [0.25, 0.3) is 28.0 Å². The van der Waals surface area contributed by atoms with Crippen molar-refractivity contribution in [2.24, 2.45) is 5.92 Å². The molecule has 7 nitrogen and oxygen atoms in total. The van der Waals surface area contributed by atoms with Crippen molar-refractivity contribution in [3.05, 3.63) is 66.8 Å². The Morgan fingerprint density at radius 1 is 1.06 bits per heavy atom. The lowest BCUT2D eigenvalue weighted by atomic mass is 10.0. The average molecular weight is 462 g/mol. The fraction of sp³-hybridized carbons (Fsp3) is 0.370. The van der Waals surface area contributed by atoms with Gasteiger partial charge in [0.2, 0.25) is 0 Å². The first-order chi connectivity index (χ1) is 16.3. The van der Waals surface area contributed by atoms with Crippen LogP contribution >= 0.6 is 0 Å². The number of benzene rings is 1. The molecule has 0 spiro atoms. The summed E-state index contributed by atoms with van der Waals surface area (Å²) in [4.78, 5) is 13.0. The van der Waals surface area contributed by atoms with E-state index in [1.807, 2.05) is 32.2 Å². The Labute approximate surface area is 201 Å². The summed E-state index contributed by atoms with van der Waals surface area (Å²) in [6.45, 7) is 6.60. The number of hydrogen-bond donors (Lipinski definition) is 3. The van der Waals surface area contributed by atoms with Crippen LogP contribution in [0.1, 0.15) is 58.6 Å². The smallest absolute Gasteiger partial charge is 0.156 e. The number of nitrogen functional groups attached to an aromatic ring is 1. The van der Waals surface area contributed by atoms with Crippen molar-refractivity contribution in [3.8, 4) is 0 Å². The van der Waals surface area contributed by atoms with Gasteiger partial charge in [0.15, 0.2) is 5.79 Å². The molecule has 3 heterocycles. The standard InChI is InChI=1S/C22H21N5.C3H8O2.C2H6/c23-21-19-9-11-27(22(19)26-14-25-21)18-8-6-15(12-18)3-4-16-5-7-17-2-1-10-24-20(17)13-16;1-3(2,4)5;1-2/h1-5,7,9-11,13-15,18H,6,8,12H2,(H2,23,25,26);4-5H,1-2H3;1-2H3/b4-3+;;. The predicted octanol–water partition coefficient (Wildman–Crippen LogP) is 5.35. The molecule has 0 saturated heterocycles. The molecule has 5 rings (SSSR count). The number of fused-ring (bicyclic) bond motifs is 2. The summed E-state index contributed by atoms with van der Waals surface area (Å²) < 4.78 is 2.27. The summed E-state index contributed by atoms with van der Waals surface area (Å²) in [7, 11) is 0. The third-order valence-electron chi connectivity index (χ3n) is 5.57. The third kappa shape index (κ3) is 6.62. The van der Waals surface area contributed by atoms with Gasteiger partial charge < -0.3 is 20.5 Å². The number of aromatic nitrogens is 4. The number of hydrogen-bond acceptors (Lipinski definition) is 6. The summed E-state index contributed by atoms with van der Waals surface area (Å²) in [6.07, 6.45) is 13.5. The van der Waals surface area contributed by atoms with Gasteiger partial charge in [-0.05, 0) is 62.8 Å². The number of nitrogens with two attached hydrogens (primary N) is 1. The second-order valence-corrected chi connectivity index (χ2v) is 8.76. The summed E-state index contributed by atoms with van der Waals surface area (Å²) in [5.41, 5.74) is 9.16. The quantitative estimate of drug-likeness (QED) is 0.355. The zero-order valence-electron chi connectivity index (χ0n) is 20.4. The topological polar surface area (TPSA) is 110 Å². The molecule has 0 bridgehead atoms. The van der Waals surface area contributed by atoms with Crippen molar-refractivity contribution in [3.63, 3.8) is 0 Å². The van der Waals surface area contributed by atoms with Crippen LogP contribution in [0.3, 0.4) is 0 Å². The van der Waals surface area contributed by atoms with E-state index in [-0.39, 0.29) is 0 Å². The SMILES string of the molecule is CC.CC(C)(O)O.Nc1ncnc2c1ccn2C1CCC(/C=C/c2ccc3cccnc3c2)C1. The Hall–Kier alpha value is -3.29. The molecule has 0 aliphatic heterocycles. The number of anilines is 1. The highest BCUT2D eigenvalue weighted by Crippen LogP contribution is 2.37. The summed E-state index contributed by atoms with van der Waals surface area (Å²) in [5, 5.41) is 18.3. The van der Waals surface area contributed by atoms with E-state index in [2.05, 4.69) is 62.1 Å². The molecular formula is C27H35N5O2. The molecule has 1 aliphatic rings. The summed E-state index contributed by atoms with van der Waals surface area (Å²) in [5.74, 6) is -0.371. The molecule has 0 amide bonds. The normalized spacial score (nSPS) is 17.9. The molecular weight excluding hydrogens is 426 g/mol. The number of rotatable bonds is 3. The number of aliphatic hydroxyl groups is 2. The van der Waals surface area contributed by atoms with E-state index in [1.165, 1.54) is 31.2 Å². The zero-order chi connectivity index (χ0) is 24.7. The van der Waals surface area contributed by atoms with Gasteiger partial charge >= 0.3 is 0 Å². The molecule has 4 N–H and O–H groups in total. The van der Waals surface area contributed by atoms with E-state index in [9.17, 15) is 0 Å². The van der Waals surface area contributed by atoms with Crippen LogP contribution in [0.5, 0.6) is 0 Å². The van der Waals surface area contributed by atoms with E-state index in [0.29, 0.717) is 17.8 Å². The van der Waals surface area contributed by atoms with Crippen molar-refractivity contribution in [2.45, 2.75) is 58.8 Å². The molecule has 2 atom stereocenters. The van der Waals surface area contributed by atoms with Crippen molar-refractivity contribution in [1.29, 1.82) is 0 Å². The Kier molecular flexibility index (Phi) is 8.36. The number of pyridine rings is 1.